The zero-order valence-electron chi connectivity index (χ0n) is 15.9. The largest absolute Gasteiger partial charge is 0.493 e. The molecule has 7 heteroatoms. The maximum absolute atomic E-state index is 13.2. The molecule has 3 aromatic rings. The summed E-state index contributed by atoms with van der Waals surface area (Å²) in [5.74, 6) is 1.29. The maximum atomic E-state index is 13.2. The SMILES string of the molecule is COc1ccc(CCN(Cc2cccs2)S(=O)(=O)c2ccccc2)cc1OC. The summed E-state index contributed by atoms with van der Waals surface area (Å²) in [6.07, 6.45) is 0.567. The van der Waals surface area contributed by atoms with Crippen LogP contribution in [0.3, 0.4) is 0 Å². The third kappa shape index (κ3) is 4.73. The van der Waals surface area contributed by atoms with Crippen LogP contribution in [0.25, 0.3) is 0 Å². The van der Waals surface area contributed by atoms with E-state index in [0.717, 1.165) is 10.4 Å². The lowest BCUT2D eigenvalue weighted by molar-refractivity contribution is 0.354. The Balaban J connectivity index is 1.84. The van der Waals surface area contributed by atoms with Gasteiger partial charge in [0.25, 0.3) is 0 Å². The Bertz CT molecular complexity index is 987. The first-order valence-corrected chi connectivity index (χ1v) is 11.1. The number of hydrogen-bond acceptors (Lipinski definition) is 5. The van der Waals surface area contributed by atoms with Crippen molar-refractivity contribution in [2.75, 3.05) is 20.8 Å². The van der Waals surface area contributed by atoms with Gasteiger partial charge in [0, 0.05) is 18.0 Å². The molecule has 0 amide bonds. The van der Waals surface area contributed by atoms with E-state index in [1.54, 1.807) is 49.8 Å². The second kappa shape index (κ2) is 9.23. The van der Waals surface area contributed by atoms with Crippen LogP contribution in [0.1, 0.15) is 10.4 Å². The van der Waals surface area contributed by atoms with Crippen molar-refractivity contribution in [2.24, 2.45) is 0 Å². The molecular weight excluding hydrogens is 394 g/mol. The van der Waals surface area contributed by atoms with Gasteiger partial charge in [-0.25, -0.2) is 8.42 Å². The van der Waals surface area contributed by atoms with E-state index in [2.05, 4.69) is 0 Å². The lowest BCUT2D eigenvalue weighted by atomic mass is 10.1. The molecule has 148 valence electrons. The second-order valence-electron chi connectivity index (χ2n) is 6.17. The number of thiophene rings is 1. The predicted molar refractivity (Wildman–Crippen MR) is 112 cm³/mol. The Morgan fingerprint density at radius 2 is 1.68 bits per heavy atom. The highest BCUT2D eigenvalue weighted by Gasteiger charge is 2.24. The van der Waals surface area contributed by atoms with Gasteiger partial charge in [-0.1, -0.05) is 30.3 Å². The van der Waals surface area contributed by atoms with E-state index in [9.17, 15) is 8.42 Å². The van der Waals surface area contributed by atoms with Gasteiger partial charge >= 0.3 is 0 Å². The second-order valence-corrected chi connectivity index (χ2v) is 9.14. The van der Waals surface area contributed by atoms with Crippen LogP contribution < -0.4 is 9.47 Å². The summed E-state index contributed by atoms with van der Waals surface area (Å²) in [4.78, 5) is 1.31. The number of methoxy groups -OCH3 is 2. The van der Waals surface area contributed by atoms with Crippen LogP contribution in [-0.2, 0) is 23.0 Å². The van der Waals surface area contributed by atoms with Crippen molar-refractivity contribution in [1.82, 2.24) is 4.31 Å². The molecule has 0 N–H and O–H groups in total. The molecule has 1 aromatic heterocycles. The van der Waals surface area contributed by atoms with Crippen molar-refractivity contribution < 1.29 is 17.9 Å². The van der Waals surface area contributed by atoms with E-state index in [1.807, 2.05) is 41.8 Å². The minimum Gasteiger partial charge on any atom is -0.493 e. The fourth-order valence-corrected chi connectivity index (χ4v) is 5.13. The number of rotatable bonds is 9. The average Bonchev–Trinajstić information content (AvgIpc) is 3.24. The molecule has 0 spiro atoms. The van der Waals surface area contributed by atoms with Crippen LogP contribution in [0.5, 0.6) is 11.5 Å². The molecule has 0 aliphatic rings. The van der Waals surface area contributed by atoms with Gasteiger partial charge in [-0.15, -0.1) is 11.3 Å². The van der Waals surface area contributed by atoms with Crippen molar-refractivity contribution in [3.05, 3.63) is 76.5 Å². The first-order valence-electron chi connectivity index (χ1n) is 8.83. The number of benzene rings is 2. The molecule has 0 fully saturated rings. The van der Waals surface area contributed by atoms with Gasteiger partial charge in [-0.2, -0.15) is 4.31 Å². The normalized spacial score (nSPS) is 11.5. The third-order valence-corrected chi connectivity index (χ3v) is 7.11. The van der Waals surface area contributed by atoms with Gasteiger partial charge in [-0.3, -0.25) is 0 Å². The van der Waals surface area contributed by atoms with Crippen LogP contribution >= 0.6 is 11.3 Å². The summed E-state index contributed by atoms with van der Waals surface area (Å²) < 4.78 is 38.5. The quantitative estimate of drug-likeness (QED) is 0.524. The molecule has 28 heavy (non-hydrogen) atoms. The van der Waals surface area contributed by atoms with Gasteiger partial charge < -0.3 is 9.47 Å². The van der Waals surface area contributed by atoms with Crippen LogP contribution in [0.15, 0.2) is 70.9 Å². The Morgan fingerprint density at radius 3 is 2.32 bits per heavy atom. The summed E-state index contributed by atoms with van der Waals surface area (Å²) in [6.45, 7) is 0.715. The van der Waals surface area contributed by atoms with E-state index in [-0.39, 0.29) is 0 Å². The average molecular weight is 418 g/mol. The minimum atomic E-state index is -3.59. The van der Waals surface area contributed by atoms with E-state index >= 15 is 0 Å². The van der Waals surface area contributed by atoms with Crippen molar-refractivity contribution in [3.8, 4) is 11.5 Å². The number of ether oxygens (including phenoxy) is 2. The van der Waals surface area contributed by atoms with Crippen molar-refractivity contribution in [2.45, 2.75) is 17.9 Å². The van der Waals surface area contributed by atoms with E-state index in [0.29, 0.717) is 35.9 Å². The molecule has 0 aliphatic carbocycles. The molecule has 3 rings (SSSR count). The molecule has 0 aliphatic heterocycles. The molecule has 0 saturated heterocycles. The fraction of sp³-hybridized carbons (Fsp3) is 0.238. The highest BCUT2D eigenvalue weighted by Crippen LogP contribution is 2.28. The Morgan fingerprint density at radius 1 is 0.929 bits per heavy atom. The Labute approximate surface area is 170 Å². The third-order valence-electron chi connectivity index (χ3n) is 4.39. The van der Waals surface area contributed by atoms with E-state index < -0.39 is 10.0 Å². The van der Waals surface area contributed by atoms with E-state index in [4.69, 9.17) is 9.47 Å². The smallest absolute Gasteiger partial charge is 0.243 e. The van der Waals surface area contributed by atoms with Crippen molar-refractivity contribution >= 4 is 21.4 Å². The lowest BCUT2D eigenvalue weighted by Crippen LogP contribution is -2.32. The zero-order valence-corrected chi connectivity index (χ0v) is 17.5. The predicted octanol–water partition coefficient (Wildman–Crippen LogP) is 4.20. The summed E-state index contributed by atoms with van der Waals surface area (Å²) in [7, 11) is -0.414. The summed E-state index contributed by atoms with van der Waals surface area (Å²) in [5.41, 5.74) is 0.983. The summed E-state index contributed by atoms with van der Waals surface area (Å²) in [6, 6.07) is 18.1. The number of nitrogens with zero attached hydrogens (tertiary/aromatic N) is 1. The minimum absolute atomic E-state index is 0.305. The Kier molecular flexibility index (Phi) is 6.72. The topological polar surface area (TPSA) is 55.8 Å². The van der Waals surface area contributed by atoms with Gasteiger partial charge in [0.05, 0.1) is 19.1 Å². The molecular formula is C21H23NO4S2. The standard InChI is InChI=1S/C21H23NO4S2/c1-25-20-11-10-17(15-21(20)26-2)12-13-22(16-18-7-6-14-27-18)28(23,24)19-8-4-3-5-9-19/h3-11,14-15H,12-13,16H2,1-2H3. The molecule has 0 bridgehead atoms. The molecule has 0 atom stereocenters. The fourth-order valence-electron chi connectivity index (χ4n) is 2.89. The molecule has 0 unspecified atom stereocenters. The maximum Gasteiger partial charge on any atom is 0.243 e. The Hall–Kier alpha value is -2.35. The summed E-state index contributed by atoms with van der Waals surface area (Å²) >= 11 is 1.55. The zero-order chi connectivity index (χ0) is 20.0. The molecule has 0 saturated carbocycles. The van der Waals surface area contributed by atoms with Crippen molar-refractivity contribution in [3.63, 3.8) is 0 Å². The number of hydrogen-bond donors (Lipinski definition) is 0. The van der Waals surface area contributed by atoms with Gasteiger partial charge in [0.2, 0.25) is 10.0 Å². The van der Waals surface area contributed by atoms with Gasteiger partial charge in [0.1, 0.15) is 0 Å². The van der Waals surface area contributed by atoms with Crippen LogP contribution in [0, 0.1) is 0 Å². The van der Waals surface area contributed by atoms with E-state index in [1.165, 1.54) is 4.31 Å². The molecule has 0 radical (unpaired) electrons. The van der Waals surface area contributed by atoms with Crippen molar-refractivity contribution in [1.29, 1.82) is 0 Å². The lowest BCUT2D eigenvalue weighted by Gasteiger charge is -2.22. The molecule has 2 aromatic carbocycles. The van der Waals surface area contributed by atoms with Gasteiger partial charge in [-0.05, 0) is 47.7 Å². The first kappa shape index (κ1) is 20.4. The molecule has 1 heterocycles. The number of sulfonamides is 1. The van der Waals surface area contributed by atoms with Crippen LogP contribution in [-0.4, -0.2) is 33.5 Å². The molecule has 5 nitrogen and oxygen atoms in total. The van der Waals surface area contributed by atoms with Crippen LogP contribution in [0.2, 0.25) is 0 Å². The monoisotopic (exact) mass is 417 g/mol. The highest BCUT2D eigenvalue weighted by atomic mass is 32.2. The van der Waals surface area contributed by atoms with Crippen LogP contribution in [0.4, 0.5) is 0 Å². The first-order chi connectivity index (χ1) is 13.5. The summed E-state index contributed by atoms with van der Waals surface area (Å²) in [5, 5.41) is 1.96. The highest BCUT2D eigenvalue weighted by molar-refractivity contribution is 7.89. The van der Waals surface area contributed by atoms with Gasteiger partial charge in [0.15, 0.2) is 11.5 Å².